The Morgan fingerprint density at radius 2 is 1.95 bits per heavy atom. The van der Waals surface area contributed by atoms with Crippen LogP contribution in [0.2, 0.25) is 0 Å². The van der Waals surface area contributed by atoms with Gasteiger partial charge in [-0.2, -0.15) is 0 Å². The quantitative estimate of drug-likeness (QED) is 0.686. The first-order chi connectivity index (χ1) is 8.95. The van der Waals surface area contributed by atoms with Crippen LogP contribution < -0.4 is 16.6 Å². The number of aromatic nitrogens is 2. The van der Waals surface area contributed by atoms with Crippen LogP contribution in [0.3, 0.4) is 0 Å². The molecule has 1 heterocycles. The molecular weight excluding hydrogens is 368 g/mol. The van der Waals surface area contributed by atoms with Gasteiger partial charge in [0, 0.05) is 9.64 Å². The van der Waals surface area contributed by atoms with Crippen molar-refractivity contribution in [3.63, 3.8) is 0 Å². The van der Waals surface area contributed by atoms with Crippen molar-refractivity contribution in [2.45, 2.75) is 0 Å². The highest BCUT2D eigenvalue weighted by molar-refractivity contribution is 14.1. The van der Waals surface area contributed by atoms with Crippen LogP contribution in [0.4, 0.5) is 10.1 Å². The lowest BCUT2D eigenvalue weighted by molar-refractivity contribution is 0.102. The normalized spacial score (nSPS) is 10.2. The average molecular weight is 375 g/mol. The molecule has 1 aromatic heterocycles. The summed E-state index contributed by atoms with van der Waals surface area (Å²) in [5, 5.41) is 2.47. The molecule has 1 amide bonds. The molecule has 0 aliphatic heterocycles. The third-order valence-corrected chi connectivity index (χ3v) is 3.08. The topological polar surface area (TPSA) is 94.8 Å². The maximum Gasteiger partial charge on any atom is 0.326 e. The molecule has 0 bridgehead atoms. The van der Waals surface area contributed by atoms with Crippen LogP contribution in [-0.2, 0) is 0 Å². The highest BCUT2D eigenvalue weighted by Gasteiger charge is 2.10. The molecule has 0 atom stereocenters. The number of hydrogen-bond donors (Lipinski definition) is 3. The Labute approximate surface area is 119 Å². The van der Waals surface area contributed by atoms with E-state index in [1.54, 1.807) is 0 Å². The maximum atomic E-state index is 12.9. The van der Waals surface area contributed by atoms with E-state index in [2.05, 4.69) is 10.3 Å². The first kappa shape index (κ1) is 13.5. The van der Waals surface area contributed by atoms with Crippen molar-refractivity contribution in [1.82, 2.24) is 9.97 Å². The third kappa shape index (κ3) is 3.28. The average Bonchev–Trinajstić information content (AvgIpc) is 2.31. The van der Waals surface area contributed by atoms with Crippen LogP contribution in [0, 0.1) is 9.39 Å². The van der Waals surface area contributed by atoms with E-state index >= 15 is 0 Å². The molecule has 1 aromatic carbocycles. The highest BCUT2D eigenvalue weighted by atomic mass is 127. The van der Waals surface area contributed by atoms with Gasteiger partial charge < -0.3 is 10.3 Å². The Kier molecular flexibility index (Phi) is 3.79. The molecule has 0 fully saturated rings. The van der Waals surface area contributed by atoms with Crippen molar-refractivity contribution >= 4 is 34.2 Å². The van der Waals surface area contributed by atoms with E-state index in [0.29, 0.717) is 9.26 Å². The molecule has 8 heteroatoms. The van der Waals surface area contributed by atoms with E-state index in [0.717, 1.165) is 6.07 Å². The van der Waals surface area contributed by atoms with Crippen LogP contribution in [0.15, 0.2) is 33.9 Å². The number of benzene rings is 1. The molecule has 0 aliphatic rings. The first-order valence-electron chi connectivity index (χ1n) is 5.06. The number of aromatic amines is 2. The largest absolute Gasteiger partial charge is 0.326 e. The summed E-state index contributed by atoms with van der Waals surface area (Å²) in [5.74, 6) is -1.08. The molecule has 98 valence electrons. The lowest BCUT2D eigenvalue weighted by atomic mass is 10.3. The van der Waals surface area contributed by atoms with Gasteiger partial charge in [-0.25, -0.2) is 9.18 Å². The van der Waals surface area contributed by atoms with Crippen molar-refractivity contribution in [3.8, 4) is 0 Å². The van der Waals surface area contributed by atoms with Gasteiger partial charge in [0.15, 0.2) is 0 Å². The Balaban J connectivity index is 2.30. The summed E-state index contributed by atoms with van der Waals surface area (Å²) < 4.78 is 13.4. The molecule has 3 N–H and O–H groups in total. The number of amides is 1. The molecule has 0 spiro atoms. The fraction of sp³-hybridized carbons (Fsp3) is 0. The van der Waals surface area contributed by atoms with Crippen molar-refractivity contribution in [2.24, 2.45) is 0 Å². The number of nitrogens with one attached hydrogen (secondary N) is 3. The molecule has 0 saturated carbocycles. The van der Waals surface area contributed by atoms with Gasteiger partial charge in [-0.15, -0.1) is 0 Å². The van der Waals surface area contributed by atoms with Crippen LogP contribution in [0.5, 0.6) is 0 Å². The van der Waals surface area contributed by atoms with Crippen LogP contribution in [0.25, 0.3) is 0 Å². The molecule has 19 heavy (non-hydrogen) atoms. The van der Waals surface area contributed by atoms with Crippen LogP contribution >= 0.6 is 22.6 Å². The molecule has 0 radical (unpaired) electrons. The Bertz CT molecular complexity index is 725. The van der Waals surface area contributed by atoms with E-state index in [-0.39, 0.29) is 5.69 Å². The summed E-state index contributed by atoms with van der Waals surface area (Å²) >= 11 is 1.86. The summed E-state index contributed by atoms with van der Waals surface area (Å²) in [6.07, 6.45) is 0. The van der Waals surface area contributed by atoms with Gasteiger partial charge >= 0.3 is 5.69 Å². The van der Waals surface area contributed by atoms with Gasteiger partial charge in [-0.1, -0.05) is 0 Å². The zero-order valence-electron chi connectivity index (χ0n) is 9.29. The summed E-state index contributed by atoms with van der Waals surface area (Å²) in [4.78, 5) is 38.1. The fourth-order valence-electron chi connectivity index (χ4n) is 1.37. The number of hydrogen-bond acceptors (Lipinski definition) is 3. The number of carbonyl (C=O) groups is 1. The lowest BCUT2D eigenvalue weighted by Crippen LogP contribution is -2.27. The second kappa shape index (κ2) is 5.34. The number of halogens is 2. The minimum atomic E-state index is -0.772. The standard InChI is InChI=1S/C11H7FIN3O3/c12-5-1-2-7(6(13)3-5)14-10(18)8-4-9(17)16-11(19)15-8/h1-4H,(H,14,18)(H2,15,16,17,19). The van der Waals surface area contributed by atoms with Crippen molar-refractivity contribution in [1.29, 1.82) is 0 Å². The summed E-state index contributed by atoms with van der Waals surface area (Å²) in [7, 11) is 0. The third-order valence-electron chi connectivity index (χ3n) is 2.18. The van der Waals surface area contributed by atoms with Gasteiger partial charge in [-0.3, -0.25) is 14.6 Å². The summed E-state index contributed by atoms with van der Waals surface area (Å²) in [6, 6.07) is 4.79. The van der Waals surface area contributed by atoms with Crippen molar-refractivity contribution in [2.75, 3.05) is 5.32 Å². The van der Waals surface area contributed by atoms with Crippen LogP contribution in [0.1, 0.15) is 10.5 Å². The second-order valence-corrected chi connectivity index (χ2v) is 4.74. The molecule has 2 rings (SSSR count). The lowest BCUT2D eigenvalue weighted by Gasteiger charge is -2.06. The fourth-order valence-corrected chi connectivity index (χ4v) is 1.98. The number of rotatable bonds is 2. The van der Waals surface area contributed by atoms with Crippen LogP contribution in [-0.4, -0.2) is 15.9 Å². The molecule has 6 nitrogen and oxygen atoms in total. The van der Waals surface area contributed by atoms with Gasteiger partial charge in [0.1, 0.15) is 11.5 Å². The van der Waals surface area contributed by atoms with E-state index < -0.39 is 23.0 Å². The zero-order chi connectivity index (χ0) is 14.0. The van der Waals surface area contributed by atoms with E-state index in [4.69, 9.17) is 0 Å². The molecule has 0 unspecified atom stereocenters. The monoisotopic (exact) mass is 375 g/mol. The van der Waals surface area contributed by atoms with Crippen molar-refractivity contribution < 1.29 is 9.18 Å². The van der Waals surface area contributed by atoms with Crippen molar-refractivity contribution in [3.05, 3.63) is 60.2 Å². The SMILES string of the molecule is O=C(Nc1ccc(F)cc1I)c1cc(=O)[nH]c(=O)[nH]1. The molecule has 0 aliphatic carbocycles. The second-order valence-electron chi connectivity index (χ2n) is 3.58. The van der Waals surface area contributed by atoms with Gasteiger partial charge in [0.25, 0.3) is 11.5 Å². The van der Waals surface area contributed by atoms with Gasteiger partial charge in [0.2, 0.25) is 0 Å². The number of H-pyrrole nitrogens is 2. The molecule has 0 saturated heterocycles. The Hall–Kier alpha value is -1.97. The van der Waals surface area contributed by atoms with Gasteiger partial charge in [0.05, 0.1) is 5.69 Å². The molecule has 2 aromatic rings. The van der Waals surface area contributed by atoms with E-state index in [1.165, 1.54) is 18.2 Å². The van der Waals surface area contributed by atoms with E-state index in [9.17, 15) is 18.8 Å². The summed E-state index contributed by atoms with van der Waals surface area (Å²) in [5.41, 5.74) is -1.24. The Morgan fingerprint density at radius 3 is 2.58 bits per heavy atom. The number of anilines is 1. The first-order valence-corrected chi connectivity index (χ1v) is 6.13. The highest BCUT2D eigenvalue weighted by Crippen LogP contribution is 2.19. The minimum absolute atomic E-state index is 0.172. The maximum absolute atomic E-state index is 12.9. The smallest absolute Gasteiger partial charge is 0.320 e. The summed E-state index contributed by atoms with van der Waals surface area (Å²) in [6.45, 7) is 0. The predicted molar refractivity (Wildman–Crippen MR) is 74.8 cm³/mol. The Morgan fingerprint density at radius 1 is 1.21 bits per heavy atom. The predicted octanol–water partition coefficient (Wildman–Crippen LogP) is 1.06. The van der Waals surface area contributed by atoms with Gasteiger partial charge in [-0.05, 0) is 40.8 Å². The zero-order valence-corrected chi connectivity index (χ0v) is 11.4. The number of carbonyl (C=O) groups excluding carboxylic acids is 1. The minimum Gasteiger partial charge on any atom is -0.320 e. The van der Waals surface area contributed by atoms with E-state index in [1.807, 2.05) is 27.6 Å². The molecular formula is C11H7FIN3O3.